The van der Waals surface area contributed by atoms with Crippen LogP contribution in [0.2, 0.25) is 0 Å². The van der Waals surface area contributed by atoms with Gasteiger partial charge in [0.1, 0.15) is 5.82 Å². The smallest absolute Gasteiger partial charge is 0.297 e. The summed E-state index contributed by atoms with van der Waals surface area (Å²) >= 11 is 0. The summed E-state index contributed by atoms with van der Waals surface area (Å²) in [4.78, 5) is 10.2. The Morgan fingerprint density at radius 2 is 2.24 bits per heavy atom. The zero-order chi connectivity index (χ0) is 12.6. The molecular formula is C10H9FN4O2. The lowest BCUT2D eigenvalue weighted by molar-refractivity contribution is -0.384. The summed E-state index contributed by atoms with van der Waals surface area (Å²) < 4.78 is 14.8. The van der Waals surface area contributed by atoms with Crippen molar-refractivity contribution in [2.24, 2.45) is 0 Å². The van der Waals surface area contributed by atoms with E-state index in [1.807, 2.05) is 0 Å². The maximum absolute atomic E-state index is 13.7. The van der Waals surface area contributed by atoms with Gasteiger partial charge in [-0.15, -0.1) is 0 Å². The number of halogens is 1. The van der Waals surface area contributed by atoms with Crippen LogP contribution in [0.3, 0.4) is 0 Å². The van der Waals surface area contributed by atoms with E-state index in [1.54, 1.807) is 6.92 Å². The van der Waals surface area contributed by atoms with Crippen molar-refractivity contribution in [3.8, 4) is 5.69 Å². The number of hydrogen-bond donors (Lipinski definition) is 1. The third-order valence-electron chi connectivity index (χ3n) is 2.28. The number of aromatic nitrogens is 2. The Kier molecular flexibility index (Phi) is 2.51. The normalized spacial score (nSPS) is 10.5. The van der Waals surface area contributed by atoms with Gasteiger partial charge in [-0.3, -0.25) is 10.1 Å². The van der Waals surface area contributed by atoms with E-state index >= 15 is 0 Å². The zero-order valence-electron chi connectivity index (χ0n) is 8.92. The molecule has 0 spiro atoms. The van der Waals surface area contributed by atoms with Gasteiger partial charge in [-0.25, -0.2) is 9.07 Å². The Morgan fingerprint density at radius 1 is 1.53 bits per heavy atom. The third-order valence-corrected chi connectivity index (χ3v) is 2.28. The SMILES string of the molecule is Cc1cc(N)nn1-c1c(F)cccc1[N+](=O)[O-]. The van der Waals surface area contributed by atoms with Crippen molar-refractivity contribution >= 4 is 11.5 Å². The summed E-state index contributed by atoms with van der Waals surface area (Å²) in [5, 5.41) is 14.7. The molecule has 7 heteroatoms. The van der Waals surface area contributed by atoms with Crippen LogP contribution in [0, 0.1) is 22.9 Å². The van der Waals surface area contributed by atoms with E-state index in [4.69, 9.17) is 5.73 Å². The van der Waals surface area contributed by atoms with E-state index in [2.05, 4.69) is 5.10 Å². The summed E-state index contributed by atoms with van der Waals surface area (Å²) in [6, 6.07) is 5.14. The number of para-hydroxylation sites is 1. The van der Waals surface area contributed by atoms with Gasteiger partial charge in [0, 0.05) is 17.8 Å². The van der Waals surface area contributed by atoms with Crippen LogP contribution < -0.4 is 5.73 Å². The number of nitro benzene ring substituents is 1. The van der Waals surface area contributed by atoms with E-state index in [1.165, 1.54) is 18.2 Å². The highest BCUT2D eigenvalue weighted by Crippen LogP contribution is 2.26. The second kappa shape index (κ2) is 3.85. The Hall–Kier alpha value is -2.44. The molecule has 0 unspecified atom stereocenters. The Bertz CT molecular complexity index is 594. The predicted octanol–water partition coefficient (Wildman–Crippen LogP) is 1.81. The van der Waals surface area contributed by atoms with Gasteiger partial charge in [0.05, 0.1) is 4.92 Å². The molecule has 2 rings (SSSR count). The molecule has 0 saturated heterocycles. The standard InChI is InChI=1S/C10H9FN4O2/c1-6-5-9(12)13-14(6)10-7(11)3-2-4-8(10)15(16)17/h2-5H,1H3,(H2,12,13). The average molecular weight is 236 g/mol. The predicted molar refractivity (Wildman–Crippen MR) is 59.3 cm³/mol. The van der Waals surface area contributed by atoms with E-state index in [9.17, 15) is 14.5 Å². The van der Waals surface area contributed by atoms with Crippen molar-refractivity contribution in [3.63, 3.8) is 0 Å². The fraction of sp³-hybridized carbons (Fsp3) is 0.100. The van der Waals surface area contributed by atoms with Gasteiger partial charge in [-0.2, -0.15) is 5.10 Å². The molecule has 17 heavy (non-hydrogen) atoms. The summed E-state index contributed by atoms with van der Waals surface area (Å²) in [5.41, 5.74) is 5.44. The van der Waals surface area contributed by atoms with Gasteiger partial charge in [-0.1, -0.05) is 6.07 Å². The highest BCUT2D eigenvalue weighted by atomic mass is 19.1. The lowest BCUT2D eigenvalue weighted by Gasteiger charge is -2.05. The van der Waals surface area contributed by atoms with Crippen LogP contribution >= 0.6 is 0 Å². The lowest BCUT2D eigenvalue weighted by atomic mass is 10.2. The molecular weight excluding hydrogens is 227 g/mol. The van der Waals surface area contributed by atoms with Crippen LogP contribution in [0.15, 0.2) is 24.3 Å². The highest BCUT2D eigenvalue weighted by Gasteiger charge is 2.21. The van der Waals surface area contributed by atoms with Gasteiger partial charge < -0.3 is 5.73 Å². The number of aryl methyl sites for hydroxylation is 1. The van der Waals surface area contributed by atoms with Crippen LogP contribution in [0.25, 0.3) is 5.69 Å². The quantitative estimate of drug-likeness (QED) is 0.636. The minimum absolute atomic E-state index is 0.181. The Labute approximate surface area is 95.6 Å². The van der Waals surface area contributed by atoms with Gasteiger partial charge in [0.2, 0.25) is 0 Å². The molecule has 1 heterocycles. The van der Waals surface area contributed by atoms with Gasteiger partial charge in [0.25, 0.3) is 5.69 Å². The van der Waals surface area contributed by atoms with Crippen molar-refractivity contribution in [1.29, 1.82) is 0 Å². The molecule has 1 aromatic heterocycles. The molecule has 0 bridgehead atoms. The number of rotatable bonds is 2. The lowest BCUT2D eigenvalue weighted by Crippen LogP contribution is -2.06. The summed E-state index contributed by atoms with van der Waals surface area (Å²) in [7, 11) is 0. The van der Waals surface area contributed by atoms with Gasteiger partial charge in [0.15, 0.2) is 11.5 Å². The van der Waals surface area contributed by atoms with Crippen LogP contribution in [0.1, 0.15) is 5.69 Å². The number of nitrogens with two attached hydrogens (primary N) is 1. The van der Waals surface area contributed by atoms with Gasteiger partial charge >= 0.3 is 0 Å². The van der Waals surface area contributed by atoms with Crippen LogP contribution in [-0.2, 0) is 0 Å². The summed E-state index contributed by atoms with van der Waals surface area (Å²) in [6.07, 6.45) is 0. The second-order valence-electron chi connectivity index (χ2n) is 3.49. The molecule has 0 amide bonds. The summed E-state index contributed by atoms with van der Waals surface area (Å²) in [6.45, 7) is 1.64. The topological polar surface area (TPSA) is 87.0 Å². The van der Waals surface area contributed by atoms with Crippen molar-refractivity contribution in [2.45, 2.75) is 6.92 Å². The molecule has 2 N–H and O–H groups in total. The number of benzene rings is 1. The minimum atomic E-state index is -0.717. The first-order valence-electron chi connectivity index (χ1n) is 4.76. The number of anilines is 1. The zero-order valence-corrected chi connectivity index (χ0v) is 8.92. The average Bonchev–Trinajstić information content (AvgIpc) is 2.57. The molecule has 0 radical (unpaired) electrons. The fourth-order valence-electron chi connectivity index (χ4n) is 1.59. The van der Waals surface area contributed by atoms with Gasteiger partial charge in [-0.05, 0) is 13.0 Å². The molecule has 88 valence electrons. The molecule has 1 aromatic carbocycles. The summed E-state index contributed by atoms with van der Waals surface area (Å²) in [5.74, 6) is -0.537. The highest BCUT2D eigenvalue weighted by molar-refractivity contribution is 5.54. The molecule has 0 atom stereocenters. The fourth-order valence-corrected chi connectivity index (χ4v) is 1.59. The maximum Gasteiger partial charge on any atom is 0.297 e. The first-order chi connectivity index (χ1) is 8.00. The molecule has 2 aromatic rings. The van der Waals surface area contributed by atoms with Crippen LogP contribution in [0.5, 0.6) is 0 Å². The largest absolute Gasteiger partial charge is 0.382 e. The first kappa shape index (κ1) is 11.1. The monoisotopic (exact) mass is 236 g/mol. The molecule has 6 nitrogen and oxygen atoms in total. The number of nitrogens with zero attached hydrogens (tertiary/aromatic N) is 3. The molecule has 0 aliphatic rings. The van der Waals surface area contributed by atoms with Crippen LogP contribution in [0.4, 0.5) is 15.9 Å². The minimum Gasteiger partial charge on any atom is -0.382 e. The van der Waals surface area contributed by atoms with E-state index in [0.717, 1.165) is 10.7 Å². The van der Waals surface area contributed by atoms with E-state index in [0.29, 0.717) is 5.69 Å². The van der Waals surface area contributed by atoms with Crippen molar-refractivity contribution in [1.82, 2.24) is 9.78 Å². The second-order valence-corrected chi connectivity index (χ2v) is 3.49. The number of nitro groups is 1. The molecule has 0 aliphatic carbocycles. The molecule has 0 aliphatic heterocycles. The van der Waals surface area contributed by atoms with Crippen molar-refractivity contribution in [3.05, 3.63) is 45.9 Å². The molecule has 0 saturated carbocycles. The number of hydrogen-bond acceptors (Lipinski definition) is 4. The van der Waals surface area contributed by atoms with E-state index < -0.39 is 10.7 Å². The molecule has 0 fully saturated rings. The Morgan fingerprint density at radius 3 is 2.76 bits per heavy atom. The van der Waals surface area contributed by atoms with E-state index in [-0.39, 0.29) is 17.2 Å². The van der Waals surface area contributed by atoms with Crippen LogP contribution in [-0.4, -0.2) is 14.7 Å². The van der Waals surface area contributed by atoms with Crippen molar-refractivity contribution < 1.29 is 9.31 Å². The van der Waals surface area contributed by atoms with Crippen molar-refractivity contribution in [2.75, 3.05) is 5.73 Å². The number of nitrogen functional groups attached to an aromatic ring is 1. The maximum atomic E-state index is 13.7. The Balaban J connectivity index is 2.74. The third kappa shape index (κ3) is 1.82. The first-order valence-corrected chi connectivity index (χ1v) is 4.76.